The molecule has 2 N–H and O–H groups in total. The molecule has 1 aliphatic heterocycles. The third-order valence-corrected chi connectivity index (χ3v) is 6.63. The average Bonchev–Trinajstić information content (AvgIpc) is 2.79. The molecule has 2 aromatic rings. The number of nitrogens with zero attached hydrogens (tertiary/aromatic N) is 2. The van der Waals surface area contributed by atoms with Crippen molar-refractivity contribution < 1.29 is 17.9 Å². The highest BCUT2D eigenvalue weighted by atomic mass is 32.2. The predicted molar refractivity (Wildman–Crippen MR) is 122 cm³/mol. The minimum absolute atomic E-state index is 0.00335. The van der Waals surface area contributed by atoms with E-state index >= 15 is 0 Å². The van der Waals surface area contributed by atoms with Crippen LogP contribution in [0.5, 0.6) is 5.75 Å². The lowest BCUT2D eigenvalue weighted by atomic mass is 10.2. The molecule has 0 saturated carbocycles. The first-order valence-corrected chi connectivity index (χ1v) is 12.0. The summed E-state index contributed by atoms with van der Waals surface area (Å²) in [6, 6.07) is 13.5. The van der Waals surface area contributed by atoms with E-state index in [9.17, 15) is 13.2 Å². The van der Waals surface area contributed by atoms with E-state index in [0.29, 0.717) is 31.1 Å². The second-order valence-corrected chi connectivity index (χ2v) is 9.07. The molecule has 0 aromatic heterocycles. The monoisotopic (exact) mass is 446 g/mol. The Balaban J connectivity index is 1.55. The van der Waals surface area contributed by atoms with Crippen LogP contribution in [0.2, 0.25) is 0 Å². The molecule has 0 unspecified atom stereocenters. The Morgan fingerprint density at radius 2 is 1.65 bits per heavy atom. The molecule has 0 aliphatic carbocycles. The van der Waals surface area contributed by atoms with Crippen molar-refractivity contribution in [3.63, 3.8) is 0 Å². The molecule has 31 heavy (non-hydrogen) atoms. The van der Waals surface area contributed by atoms with Gasteiger partial charge in [-0.1, -0.05) is 13.3 Å². The minimum atomic E-state index is -3.67. The highest BCUT2D eigenvalue weighted by molar-refractivity contribution is 7.92. The highest BCUT2D eigenvalue weighted by Crippen LogP contribution is 2.23. The number of rotatable bonds is 8. The summed E-state index contributed by atoms with van der Waals surface area (Å²) < 4.78 is 32.8. The smallest absolute Gasteiger partial charge is 0.317 e. The van der Waals surface area contributed by atoms with Crippen molar-refractivity contribution in [3.05, 3.63) is 48.5 Å². The molecule has 1 heterocycles. The Kier molecular flexibility index (Phi) is 7.62. The Labute approximate surface area is 184 Å². The quantitative estimate of drug-likeness (QED) is 0.608. The van der Waals surface area contributed by atoms with Gasteiger partial charge >= 0.3 is 6.03 Å². The lowest BCUT2D eigenvalue weighted by molar-refractivity contribution is 0.194. The van der Waals surface area contributed by atoms with Crippen LogP contribution in [-0.2, 0) is 10.0 Å². The highest BCUT2D eigenvalue weighted by Gasteiger charge is 2.21. The summed E-state index contributed by atoms with van der Waals surface area (Å²) >= 11 is 0. The van der Waals surface area contributed by atoms with E-state index in [1.807, 2.05) is 17.0 Å². The van der Waals surface area contributed by atoms with Crippen LogP contribution in [0, 0.1) is 0 Å². The number of amides is 2. The van der Waals surface area contributed by atoms with E-state index in [4.69, 9.17) is 4.74 Å². The van der Waals surface area contributed by atoms with E-state index < -0.39 is 10.0 Å². The lowest BCUT2D eigenvalue weighted by Crippen LogP contribution is -2.52. The van der Waals surface area contributed by atoms with Crippen LogP contribution in [0.1, 0.15) is 19.8 Å². The zero-order chi connectivity index (χ0) is 22.3. The van der Waals surface area contributed by atoms with Gasteiger partial charge in [-0.15, -0.1) is 0 Å². The van der Waals surface area contributed by atoms with Gasteiger partial charge in [0, 0.05) is 44.1 Å². The van der Waals surface area contributed by atoms with Crippen molar-refractivity contribution in [1.82, 2.24) is 10.2 Å². The number of anilines is 2. The van der Waals surface area contributed by atoms with Crippen LogP contribution < -0.4 is 19.7 Å². The maximum Gasteiger partial charge on any atom is 0.317 e. The fourth-order valence-electron chi connectivity index (χ4n) is 3.36. The summed E-state index contributed by atoms with van der Waals surface area (Å²) in [7, 11) is -2.14. The van der Waals surface area contributed by atoms with E-state index in [0.717, 1.165) is 31.6 Å². The number of nitrogens with one attached hydrogen (secondary N) is 2. The molecule has 168 valence electrons. The van der Waals surface area contributed by atoms with Gasteiger partial charge in [0.2, 0.25) is 0 Å². The van der Waals surface area contributed by atoms with Gasteiger partial charge in [-0.05, 0) is 55.0 Å². The standard InChI is InChI=1S/C22H30N4O4S/c1-3-4-13-23-22(27)26-16-14-25(15-17-26)19-7-5-18(6-8-19)24-31(28,29)21-11-9-20(30-2)10-12-21/h5-12,24H,3-4,13-17H2,1-2H3,(H,23,27). The molecular weight excluding hydrogens is 416 g/mol. The molecule has 1 saturated heterocycles. The number of sulfonamides is 1. The van der Waals surface area contributed by atoms with Crippen LogP contribution in [0.25, 0.3) is 0 Å². The second kappa shape index (κ2) is 10.4. The number of urea groups is 1. The summed E-state index contributed by atoms with van der Waals surface area (Å²) in [6.45, 7) is 5.59. The molecule has 0 bridgehead atoms. The number of hydrogen-bond donors (Lipinski definition) is 2. The summed E-state index contributed by atoms with van der Waals surface area (Å²) in [5.41, 5.74) is 1.49. The molecule has 8 nitrogen and oxygen atoms in total. The Bertz CT molecular complexity index is 954. The number of benzene rings is 2. The maximum atomic E-state index is 12.6. The van der Waals surface area contributed by atoms with Crippen LogP contribution in [0.4, 0.5) is 16.2 Å². The molecule has 1 aliphatic rings. The molecule has 2 aromatic carbocycles. The van der Waals surface area contributed by atoms with Gasteiger partial charge in [-0.25, -0.2) is 13.2 Å². The van der Waals surface area contributed by atoms with Crippen molar-refractivity contribution in [1.29, 1.82) is 0 Å². The van der Waals surface area contributed by atoms with E-state index in [1.54, 1.807) is 24.3 Å². The number of hydrogen-bond acceptors (Lipinski definition) is 5. The Morgan fingerprint density at radius 1 is 1.00 bits per heavy atom. The van der Waals surface area contributed by atoms with Gasteiger partial charge < -0.3 is 19.9 Å². The van der Waals surface area contributed by atoms with Crippen LogP contribution >= 0.6 is 0 Å². The number of carbonyl (C=O) groups excluding carboxylic acids is 1. The van der Waals surface area contributed by atoms with Crippen molar-refractivity contribution >= 4 is 27.4 Å². The lowest BCUT2D eigenvalue weighted by Gasteiger charge is -2.36. The molecule has 0 spiro atoms. The first-order chi connectivity index (χ1) is 14.9. The average molecular weight is 447 g/mol. The molecule has 0 atom stereocenters. The first-order valence-electron chi connectivity index (χ1n) is 10.5. The van der Waals surface area contributed by atoms with Crippen LogP contribution in [0.15, 0.2) is 53.4 Å². The predicted octanol–water partition coefficient (Wildman–Crippen LogP) is 3.13. The van der Waals surface area contributed by atoms with Crippen LogP contribution in [0.3, 0.4) is 0 Å². The number of piperazine rings is 1. The number of carbonyl (C=O) groups is 1. The summed E-state index contributed by atoms with van der Waals surface area (Å²) in [5.74, 6) is 0.599. The van der Waals surface area contributed by atoms with Gasteiger partial charge in [0.15, 0.2) is 0 Å². The van der Waals surface area contributed by atoms with Gasteiger partial charge in [-0.3, -0.25) is 4.72 Å². The Hall–Kier alpha value is -2.94. The zero-order valence-corrected chi connectivity index (χ0v) is 18.8. The normalized spacial score (nSPS) is 14.3. The van der Waals surface area contributed by atoms with Gasteiger partial charge in [-0.2, -0.15) is 0 Å². The molecular formula is C22H30N4O4S. The first kappa shape index (κ1) is 22.7. The van der Waals surface area contributed by atoms with E-state index in [-0.39, 0.29) is 10.9 Å². The number of methoxy groups -OCH3 is 1. The number of ether oxygens (including phenoxy) is 1. The zero-order valence-electron chi connectivity index (χ0n) is 18.0. The van der Waals surface area contributed by atoms with Crippen LogP contribution in [-0.4, -0.2) is 59.2 Å². The van der Waals surface area contributed by atoms with Crippen molar-refractivity contribution in [2.45, 2.75) is 24.7 Å². The van der Waals surface area contributed by atoms with Crippen molar-refractivity contribution in [2.24, 2.45) is 0 Å². The van der Waals surface area contributed by atoms with Gasteiger partial charge in [0.1, 0.15) is 5.75 Å². The largest absolute Gasteiger partial charge is 0.497 e. The summed E-state index contributed by atoms with van der Waals surface area (Å²) in [5, 5.41) is 2.95. The molecule has 9 heteroatoms. The summed E-state index contributed by atoms with van der Waals surface area (Å²) in [6.07, 6.45) is 2.04. The van der Waals surface area contributed by atoms with Gasteiger partial charge in [0.25, 0.3) is 10.0 Å². The van der Waals surface area contributed by atoms with E-state index in [2.05, 4.69) is 21.9 Å². The fourth-order valence-corrected chi connectivity index (χ4v) is 4.42. The van der Waals surface area contributed by atoms with E-state index in [1.165, 1.54) is 19.2 Å². The Morgan fingerprint density at radius 3 is 2.23 bits per heavy atom. The fraction of sp³-hybridized carbons (Fsp3) is 0.409. The molecule has 1 fully saturated rings. The van der Waals surface area contributed by atoms with Crippen molar-refractivity contribution in [2.75, 3.05) is 49.5 Å². The topological polar surface area (TPSA) is 91.0 Å². The minimum Gasteiger partial charge on any atom is -0.497 e. The third-order valence-electron chi connectivity index (χ3n) is 5.23. The maximum absolute atomic E-state index is 12.6. The molecule has 0 radical (unpaired) electrons. The second-order valence-electron chi connectivity index (χ2n) is 7.39. The number of unbranched alkanes of at least 4 members (excludes halogenated alkanes) is 1. The molecule has 2 amide bonds. The summed E-state index contributed by atoms with van der Waals surface area (Å²) in [4.78, 5) is 16.4. The molecule has 3 rings (SSSR count). The third kappa shape index (κ3) is 6.04. The van der Waals surface area contributed by atoms with Gasteiger partial charge in [0.05, 0.1) is 12.0 Å². The van der Waals surface area contributed by atoms with Crippen molar-refractivity contribution in [3.8, 4) is 5.75 Å². The SMILES string of the molecule is CCCCNC(=O)N1CCN(c2ccc(NS(=O)(=O)c3ccc(OC)cc3)cc2)CC1.